The molecule has 5 nitrogen and oxygen atoms in total. The van der Waals surface area contributed by atoms with Gasteiger partial charge < -0.3 is 15.6 Å². The number of hydrogen-bond donors (Lipinski definition) is 2. The van der Waals surface area contributed by atoms with Crippen LogP contribution in [0.1, 0.15) is 24.8 Å². The Kier molecular flexibility index (Phi) is 3.91. The van der Waals surface area contributed by atoms with E-state index >= 15 is 0 Å². The predicted octanol–water partition coefficient (Wildman–Crippen LogP) is 3.07. The monoisotopic (exact) mass is 385 g/mol. The fourth-order valence-corrected chi connectivity index (χ4v) is 5.69. The van der Waals surface area contributed by atoms with Gasteiger partial charge in [-0.15, -0.1) is 0 Å². The van der Waals surface area contributed by atoms with Crippen LogP contribution in [0.5, 0.6) is 5.75 Å². The maximum atomic E-state index is 14.2. The van der Waals surface area contributed by atoms with Gasteiger partial charge in [0, 0.05) is 35.4 Å². The number of aliphatic hydroxyl groups is 1. The fraction of sp³-hybridized carbons (Fsp3) is 0.400. The summed E-state index contributed by atoms with van der Waals surface area (Å²) in [6.45, 7) is 0. The van der Waals surface area contributed by atoms with E-state index in [1.807, 2.05) is 18.2 Å². The molecule has 0 bridgehead atoms. The highest BCUT2D eigenvalue weighted by atomic mass is 32.2. The van der Waals surface area contributed by atoms with Crippen LogP contribution >= 0.6 is 11.8 Å². The van der Waals surface area contributed by atoms with Crippen LogP contribution in [0.25, 0.3) is 11.1 Å². The van der Waals surface area contributed by atoms with Crippen molar-refractivity contribution in [2.45, 2.75) is 37.0 Å². The van der Waals surface area contributed by atoms with Gasteiger partial charge in [0.1, 0.15) is 17.4 Å². The molecule has 2 aromatic rings. The van der Waals surface area contributed by atoms with Crippen molar-refractivity contribution in [2.75, 3.05) is 5.75 Å². The zero-order chi connectivity index (χ0) is 18.6. The minimum Gasteiger partial charge on any atom is -0.490 e. The van der Waals surface area contributed by atoms with Crippen molar-refractivity contribution in [1.82, 2.24) is 4.98 Å². The summed E-state index contributed by atoms with van der Waals surface area (Å²) in [5.41, 5.74) is 7.75. The highest BCUT2D eigenvalue weighted by Gasteiger charge is 2.54. The van der Waals surface area contributed by atoms with Crippen LogP contribution in [0.2, 0.25) is 0 Å². The topological polar surface area (TPSA) is 80.7 Å². The molecule has 140 valence electrons. The quantitative estimate of drug-likeness (QED) is 0.738. The number of aliphatic imine (C=N–C) groups is 1. The first-order chi connectivity index (χ1) is 13.1. The molecule has 1 saturated carbocycles. The van der Waals surface area contributed by atoms with Crippen LogP contribution in [0.4, 0.5) is 4.39 Å². The van der Waals surface area contributed by atoms with Crippen LogP contribution < -0.4 is 10.5 Å². The van der Waals surface area contributed by atoms with E-state index in [2.05, 4.69) is 4.98 Å². The van der Waals surface area contributed by atoms with Gasteiger partial charge in [0.15, 0.2) is 5.17 Å². The third-order valence-corrected chi connectivity index (χ3v) is 6.89. The average molecular weight is 385 g/mol. The lowest BCUT2D eigenvalue weighted by atomic mass is 9.68. The first-order valence-corrected chi connectivity index (χ1v) is 10.1. The van der Waals surface area contributed by atoms with E-state index in [9.17, 15) is 9.50 Å². The molecule has 1 spiro atoms. The number of amidine groups is 1. The van der Waals surface area contributed by atoms with E-state index in [0.29, 0.717) is 17.2 Å². The van der Waals surface area contributed by atoms with E-state index in [0.717, 1.165) is 35.5 Å². The molecule has 0 saturated heterocycles. The summed E-state index contributed by atoms with van der Waals surface area (Å²) in [4.78, 5) is 8.64. The Bertz CT molecular complexity index is 937. The second-order valence-electron chi connectivity index (χ2n) is 7.45. The Labute approximate surface area is 160 Å². The lowest BCUT2D eigenvalue weighted by Gasteiger charge is -2.48. The summed E-state index contributed by atoms with van der Waals surface area (Å²) in [6, 6.07) is 9.15. The van der Waals surface area contributed by atoms with E-state index in [1.165, 1.54) is 6.20 Å². The van der Waals surface area contributed by atoms with Crippen molar-refractivity contribution in [2.24, 2.45) is 16.6 Å². The van der Waals surface area contributed by atoms with Gasteiger partial charge in [-0.25, -0.2) is 9.98 Å². The average Bonchev–Trinajstić information content (AvgIpc) is 3.04. The molecule has 27 heavy (non-hydrogen) atoms. The highest BCUT2D eigenvalue weighted by molar-refractivity contribution is 8.14. The number of thioether (sulfide) groups is 1. The number of halogens is 1. The summed E-state index contributed by atoms with van der Waals surface area (Å²) in [6.07, 6.45) is 3.18. The number of nitrogens with two attached hydrogens (primary N) is 1. The Balaban J connectivity index is 1.67. The molecule has 1 unspecified atom stereocenters. The van der Waals surface area contributed by atoms with Crippen LogP contribution in [0.3, 0.4) is 0 Å². The van der Waals surface area contributed by atoms with Crippen molar-refractivity contribution in [1.29, 1.82) is 0 Å². The van der Waals surface area contributed by atoms with Crippen molar-refractivity contribution in [3.05, 3.63) is 48.0 Å². The number of rotatable bonds is 1. The molecule has 1 aromatic carbocycles. The molecular weight excluding hydrogens is 365 g/mol. The van der Waals surface area contributed by atoms with Crippen molar-refractivity contribution in [3.8, 4) is 16.9 Å². The molecule has 1 aromatic heterocycles. The number of ether oxygens (including phenoxy) is 1. The normalized spacial score (nSPS) is 31.8. The van der Waals surface area contributed by atoms with Gasteiger partial charge in [0.2, 0.25) is 5.95 Å². The van der Waals surface area contributed by atoms with Gasteiger partial charge in [-0.05, 0) is 42.7 Å². The lowest BCUT2D eigenvalue weighted by Crippen LogP contribution is -2.51. The van der Waals surface area contributed by atoms with E-state index in [-0.39, 0.29) is 18.1 Å². The maximum absolute atomic E-state index is 14.2. The predicted molar refractivity (Wildman–Crippen MR) is 103 cm³/mol. The Morgan fingerprint density at radius 1 is 1.30 bits per heavy atom. The van der Waals surface area contributed by atoms with Crippen molar-refractivity contribution in [3.63, 3.8) is 0 Å². The summed E-state index contributed by atoms with van der Waals surface area (Å²) >= 11 is 1.55. The molecular formula is C20H20FN3O2S. The van der Waals surface area contributed by atoms with Crippen LogP contribution in [0, 0.1) is 11.9 Å². The van der Waals surface area contributed by atoms with Gasteiger partial charge in [-0.3, -0.25) is 0 Å². The Morgan fingerprint density at radius 2 is 2.19 bits per heavy atom. The Morgan fingerprint density at radius 3 is 2.96 bits per heavy atom. The highest BCUT2D eigenvalue weighted by Crippen LogP contribution is 2.54. The molecule has 2 aliphatic heterocycles. The number of nitrogens with zero attached hydrogens (tertiary/aromatic N) is 2. The second-order valence-corrected chi connectivity index (χ2v) is 8.44. The van der Waals surface area contributed by atoms with E-state index < -0.39 is 11.5 Å². The van der Waals surface area contributed by atoms with E-state index in [1.54, 1.807) is 23.9 Å². The van der Waals surface area contributed by atoms with Gasteiger partial charge in [-0.2, -0.15) is 4.39 Å². The first kappa shape index (κ1) is 17.0. The molecule has 0 amide bonds. The minimum atomic E-state index is -0.495. The number of aromatic nitrogens is 1. The maximum Gasteiger partial charge on any atom is 0.220 e. The molecule has 1 fully saturated rings. The second kappa shape index (κ2) is 6.21. The Hall–Kier alpha value is -2.12. The third kappa shape index (κ3) is 2.63. The van der Waals surface area contributed by atoms with Crippen LogP contribution in [0.15, 0.2) is 41.5 Å². The molecule has 4 atom stereocenters. The molecule has 3 N–H and O–H groups in total. The van der Waals surface area contributed by atoms with Gasteiger partial charge in [0.25, 0.3) is 0 Å². The molecule has 0 radical (unpaired) electrons. The van der Waals surface area contributed by atoms with Crippen molar-refractivity contribution < 1.29 is 14.2 Å². The number of pyridine rings is 1. The van der Waals surface area contributed by atoms with Gasteiger partial charge >= 0.3 is 0 Å². The number of hydrogen-bond acceptors (Lipinski definition) is 6. The zero-order valence-electron chi connectivity index (χ0n) is 14.6. The number of fused-ring (bicyclic) bond motifs is 4. The van der Waals surface area contributed by atoms with Crippen molar-refractivity contribution >= 4 is 16.9 Å². The molecule has 1 aliphatic carbocycles. The summed E-state index contributed by atoms with van der Waals surface area (Å²) < 4.78 is 20.5. The third-order valence-electron chi connectivity index (χ3n) is 5.92. The van der Waals surface area contributed by atoms with Gasteiger partial charge in [0.05, 0.1) is 6.10 Å². The summed E-state index contributed by atoms with van der Waals surface area (Å²) in [5.74, 6) is 1.14. The number of aliphatic hydroxyl groups excluding tert-OH is 1. The molecule has 5 rings (SSSR count). The molecule has 3 heterocycles. The largest absolute Gasteiger partial charge is 0.490 e. The standard InChI is InChI=1S/C20H20FN3O2S/c21-18-13(2-1-7-23-18)11-3-6-16-15(8-11)20(10-27-19(22)24-20)14-5-4-12(25)9-17(14)26-16/h1-3,6-8,12,14,17,25H,4-5,9-10H2,(H2,22,24)/t12-,14-,17?,20+/m1/s1. The number of benzene rings is 1. The molecule has 3 aliphatic rings. The van der Waals surface area contributed by atoms with Crippen LogP contribution in [-0.2, 0) is 5.54 Å². The summed E-state index contributed by atoms with van der Waals surface area (Å²) in [7, 11) is 0. The minimum absolute atomic E-state index is 0.0857. The zero-order valence-corrected chi connectivity index (χ0v) is 15.5. The van der Waals surface area contributed by atoms with Gasteiger partial charge in [-0.1, -0.05) is 17.8 Å². The first-order valence-electron chi connectivity index (χ1n) is 9.15. The van der Waals surface area contributed by atoms with E-state index in [4.69, 9.17) is 15.5 Å². The smallest absolute Gasteiger partial charge is 0.220 e. The van der Waals surface area contributed by atoms with Crippen LogP contribution in [-0.4, -0.2) is 33.2 Å². The SMILES string of the molecule is NC1=N[C@]2(CS1)c1cc(-c3cccnc3F)ccc1OC1C[C@H](O)CC[C@H]12. The molecule has 7 heteroatoms. The summed E-state index contributed by atoms with van der Waals surface area (Å²) in [5, 5.41) is 10.7. The fourth-order valence-electron chi connectivity index (χ4n) is 4.66. The lowest BCUT2D eigenvalue weighted by molar-refractivity contribution is -0.0246.